The van der Waals surface area contributed by atoms with Gasteiger partial charge in [0.15, 0.2) is 0 Å². The lowest BCUT2D eigenvalue weighted by Gasteiger charge is -2.18. The maximum atomic E-state index is 12.6. The average molecular weight is 308 g/mol. The molecule has 0 bridgehead atoms. The Balaban J connectivity index is 1.73. The van der Waals surface area contributed by atoms with Crippen molar-refractivity contribution in [1.29, 1.82) is 0 Å². The van der Waals surface area contributed by atoms with Crippen LogP contribution in [0.1, 0.15) is 27.9 Å². The summed E-state index contributed by atoms with van der Waals surface area (Å²) in [5, 5.41) is 2.84. The molecule has 4 nitrogen and oxygen atoms in total. The third kappa shape index (κ3) is 3.26. The van der Waals surface area contributed by atoms with Crippen LogP contribution in [0.2, 0.25) is 0 Å². The molecule has 2 amide bonds. The zero-order valence-electron chi connectivity index (χ0n) is 13.4. The Morgan fingerprint density at radius 3 is 2.39 bits per heavy atom. The third-order valence-corrected chi connectivity index (χ3v) is 4.06. The number of carbonyl (C=O) groups excluding carboxylic acids is 2. The molecule has 2 aromatic rings. The second-order valence-electron chi connectivity index (χ2n) is 6.02. The first-order valence-corrected chi connectivity index (χ1v) is 7.80. The van der Waals surface area contributed by atoms with E-state index in [0.717, 1.165) is 16.8 Å². The summed E-state index contributed by atoms with van der Waals surface area (Å²) in [4.78, 5) is 26.6. The summed E-state index contributed by atoms with van der Waals surface area (Å²) in [6.45, 7) is 4.67. The molecule has 1 aliphatic rings. The molecule has 1 saturated heterocycles. The van der Waals surface area contributed by atoms with Gasteiger partial charge in [0.05, 0.1) is 0 Å². The molecule has 1 atom stereocenters. The average Bonchev–Trinajstić information content (AvgIpc) is 2.88. The van der Waals surface area contributed by atoms with Gasteiger partial charge in [0, 0.05) is 17.8 Å². The van der Waals surface area contributed by atoms with E-state index >= 15 is 0 Å². The van der Waals surface area contributed by atoms with E-state index in [1.165, 1.54) is 0 Å². The molecule has 0 aliphatic carbocycles. The SMILES string of the molecule is Cc1cc(C)cc(N2CC[C@@H](NC(=O)c3ccccc3)C2=O)c1. The number of benzene rings is 2. The molecule has 0 spiro atoms. The molecule has 0 radical (unpaired) electrons. The van der Waals surface area contributed by atoms with E-state index < -0.39 is 6.04 Å². The van der Waals surface area contributed by atoms with Crippen LogP contribution in [-0.2, 0) is 4.79 Å². The molecule has 1 N–H and O–H groups in total. The fourth-order valence-electron chi connectivity index (χ4n) is 3.01. The summed E-state index contributed by atoms with van der Waals surface area (Å²) in [5.41, 5.74) is 3.74. The Morgan fingerprint density at radius 2 is 1.74 bits per heavy atom. The maximum Gasteiger partial charge on any atom is 0.251 e. The highest BCUT2D eigenvalue weighted by Gasteiger charge is 2.33. The van der Waals surface area contributed by atoms with Gasteiger partial charge in [0.2, 0.25) is 5.91 Å². The summed E-state index contributed by atoms with van der Waals surface area (Å²) in [7, 11) is 0. The van der Waals surface area contributed by atoms with Gasteiger partial charge in [0.1, 0.15) is 6.04 Å². The Kier molecular flexibility index (Phi) is 4.15. The molecule has 4 heteroatoms. The van der Waals surface area contributed by atoms with Gasteiger partial charge in [-0.05, 0) is 55.7 Å². The number of anilines is 1. The summed E-state index contributed by atoms with van der Waals surface area (Å²) in [6.07, 6.45) is 0.629. The van der Waals surface area contributed by atoms with E-state index in [-0.39, 0.29) is 11.8 Å². The molecule has 2 aromatic carbocycles. The number of hydrogen-bond acceptors (Lipinski definition) is 2. The quantitative estimate of drug-likeness (QED) is 0.948. The zero-order chi connectivity index (χ0) is 16.4. The molecular formula is C19H20N2O2. The van der Waals surface area contributed by atoms with Gasteiger partial charge in [-0.1, -0.05) is 24.3 Å². The van der Waals surface area contributed by atoms with Gasteiger partial charge in [-0.15, -0.1) is 0 Å². The predicted octanol–water partition coefficient (Wildman–Crippen LogP) is 2.84. The number of carbonyl (C=O) groups is 2. The number of hydrogen-bond donors (Lipinski definition) is 1. The van der Waals surface area contributed by atoms with E-state index in [4.69, 9.17) is 0 Å². The number of rotatable bonds is 3. The fourth-order valence-corrected chi connectivity index (χ4v) is 3.01. The highest BCUT2D eigenvalue weighted by Crippen LogP contribution is 2.24. The second-order valence-corrected chi connectivity index (χ2v) is 6.02. The van der Waals surface area contributed by atoms with Crippen LogP contribution in [0.3, 0.4) is 0 Å². The first-order valence-electron chi connectivity index (χ1n) is 7.80. The smallest absolute Gasteiger partial charge is 0.251 e. The van der Waals surface area contributed by atoms with Crippen LogP contribution in [0.15, 0.2) is 48.5 Å². The normalized spacial score (nSPS) is 17.4. The van der Waals surface area contributed by atoms with Gasteiger partial charge in [-0.3, -0.25) is 9.59 Å². The number of nitrogens with zero attached hydrogens (tertiary/aromatic N) is 1. The molecule has 1 aliphatic heterocycles. The van der Waals surface area contributed by atoms with Gasteiger partial charge in [-0.25, -0.2) is 0 Å². The van der Waals surface area contributed by atoms with Gasteiger partial charge < -0.3 is 10.2 Å². The molecule has 3 rings (SSSR count). The number of nitrogens with one attached hydrogen (secondary N) is 1. The zero-order valence-corrected chi connectivity index (χ0v) is 13.4. The highest BCUT2D eigenvalue weighted by molar-refractivity contribution is 6.03. The summed E-state index contributed by atoms with van der Waals surface area (Å²) >= 11 is 0. The van der Waals surface area contributed by atoms with Gasteiger partial charge in [-0.2, -0.15) is 0 Å². The molecule has 0 saturated carbocycles. The number of aryl methyl sites for hydroxylation is 2. The van der Waals surface area contributed by atoms with Crippen molar-refractivity contribution in [1.82, 2.24) is 5.32 Å². The molecule has 0 unspecified atom stereocenters. The Labute approximate surface area is 136 Å². The topological polar surface area (TPSA) is 49.4 Å². The molecular weight excluding hydrogens is 288 g/mol. The van der Waals surface area contributed by atoms with Crippen LogP contribution in [0.4, 0.5) is 5.69 Å². The minimum atomic E-state index is -0.455. The minimum absolute atomic E-state index is 0.0423. The van der Waals surface area contributed by atoms with E-state index in [1.807, 2.05) is 44.2 Å². The summed E-state index contributed by atoms with van der Waals surface area (Å²) < 4.78 is 0. The lowest BCUT2D eigenvalue weighted by molar-refractivity contribution is -0.118. The van der Waals surface area contributed by atoms with E-state index in [0.29, 0.717) is 18.5 Å². The molecule has 0 aromatic heterocycles. The monoisotopic (exact) mass is 308 g/mol. The minimum Gasteiger partial charge on any atom is -0.340 e. The Morgan fingerprint density at radius 1 is 1.09 bits per heavy atom. The second kappa shape index (κ2) is 6.24. The van der Waals surface area contributed by atoms with Crippen molar-refractivity contribution in [2.75, 3.05) is 11.4 Å². The fraction of sp³-hybridized carbons (Fsp3) is 0.263. The first-order chi connectivity index (χ1) is 11.0. The van der Waals surface area contributed by atoms with Gasteiger partial charge in [0.25, 0.3) is 5.91 Å². The molecule has 118 valence electrons. The van der Waals surface area contributed by atoms with E-state index in [2.05, 4.69) is 11.4 Å². The molecule has 23 heavy (non-hydrogen) atoms. The highest BCUT2D eigenvalue weighted by atomic mass is 16.2. The van der Waals surface area contributed by atoms with Crippen molar-refractivity contribution < 1.29 is 9.59 Å². The lowest BCUT2D eigenvalue weighted by atomic mass is 10.1. The van der Waals surface area contributed by atoms with Crippen LogP contribution >= 0.6 is 0 Å². The molecule has 1 heterocycles. The van der Waals surface area contributed by atoms with Crippen LogP contribution in [0.25, 0.3) is 0 Å². The molecule has 1 fully saturated rings. The largest absolute Gasteiger partial charge is 0.340 e. The van der Waals surface area contributed by atoms with Crippen LogP contribution in [0.5, 0.6) is 0 Å². The third-order valence-electron chi connectivity index (χ3n) is 4.06. The van der Waals surface area contributed by atoms with E-state index in [9.17, 15) is 9.59 Å². The Hall–Kier alpha value is -2.62. The standard InChI is InChI=1S/C19H20N2O2/c1-13-10-14(2)12-16(11-13)21-9-8-17(19(21)23)20-18(22)15-6-4-3-5-7-15/h3-7,10-12,17H,8-9H2,1-2H3,(H,20,22)/t17-/m1/s1. The van der Waals surface area contributed by atoms with Crippen molar-refractivity contribution in [2.45, 2.75) is 26.3 Å². The van der Waals surface area contributed by atoms with E-state index in [1.54, 1.807) is 17.0 Å². The van der Waals surface area contributed by atoms with Crippen LogP contribution in [0, 0.1) is 13.8 Å². The van der Waals surface area contributed by atoms with Crippen LogP contribution in [-0.4, -0.2) is 24.4 Å². The number of amides is 2. The lowest BCUT2D eigenvalue weighted by Crippen LogP contribution is -2.41. The van der Waals surface area contributed by atoms with Crippen molar-refractivity contribution >= 4 is 17.5 Å². The van der Waals surface area contributed by atoms with Crippen molar-refractivity contribution in [3.05, 3.63) is 65.2 Å². The van der Waals surface area contributed by atoms with Crippen molar-refractivity contribution in [2.24, 2.45) is 0 Å². The van der Waals surface area contributed by atoms with Crippen molar-refractivity contribution in [3.63, 3.8) is 0 Å². The predicted molar refractivity (Wildman–Crippen MR) is 90.6 cm³/mol. The Bertz CT molecular complexity index is 720. The van der Waals surface area contributed by atoms with Crippen LogP contribution < -0.4 is 10.2 Å². The van der Waals surface area contributed by atoms with Crippen molar-refractivity contribution in [3.8, 4) is 0 Å². The van der Waals surface area contributed by atoms with Gasteiger partial charge >= 0.3 is 0 Å². The summed E-state index contributed by atoms with van der Waals surface area (Å²) in [6, 6.07) is 14.6. The first kappa shape index (κ1) is 15.3. The summed E-state index contributed by atoms with van der Waals surface area (Å²) in [5.74, 6) is -0.245. The maximum absolute atomic E-state index is 12.6.